The largest absolute Gasteiger partial charge is 0.472 e. The number of phosphoric acid groups is 2. The van der Waals surface area contributed by atoms with E-state index in [0.717, 1.165) is 50.7 Å². The van der Waals surface area contributed by atoms with Crippen LogP contribution in [-0.2, 0) is 46.6 Å². The first-order valence-corrected chi connectivity index (χ1v) is 27.6. The molecule has 18 nitrogen and oxygen atoms in total. The summed E-state index contributed by atoms with van der Waals surface area (Å²) >= 11 is 0. The highest BCUT2D eigenvalue weighted by atomic mass is 31.2. The fourth-order valence-corrected chi connectivity index (χ4v) is 9.52. The first-order chi connectivity index (χ1) is 31.9. The van der Waals surface area contributed by atoms with Crippen LogP contribution in [0.4, 0.5) is 0 Å². The fraction of sp³-hybridized carbons (Fsp3) is 0.809. The van der Waals surface area contributed by atoms with Crippen molar-refractivity contribution in [3.63, 3.8) is 0 Å². The summed E-state index contributed by atoms with van der Waals surface area (Å²) in [4.78, 5) is 70.3. The second kappa shape index (κ2) is 34.2. The highest BCUT2D eigenvalue weighted by Crippen LogP contribution is 2.49. The van der Waals surface area contributed by atoms with E-state index in [-0.39, 0.29) is 32.1 Å². The monoisotopic (exact) mass is 996 g/mol. The zero-order valence-corrected chi connectivity index (χ0v) is 41.5. The first-order valence-electron chi connectivity index (χ1n) is 24.6. The summed E-state index contributed by atoms with van der Waals surface area (Å²) in [5, 5.41) is 56.4. The zero-order chi connectivity index (χ0) is 49.7. The number of cyclic esters (lactones) is 1. The lowest BCUT2D eigenvalue weighted by Gasteiger charge is -2.38. The smallest absolute Gasteiger partial charge is 0.462 e. The van der Waals surface area contributed by atoms with Gasteiger partial charge in [0.05, 0.1) is 30.8 Å². The van der Waals surface area contributed by atoms with E-state index in [4.69, 9.17) is 23.0 Å². The van der Waals surface area contributed by atoms with Crippen molar-refractivity contribution in [2.45, 2.75) is 217 Å². The number of aliphatic hydroxyl groups excluding tert-OH is 5. The Morgan fingerprint density at radius 2 is 1.42 bits per heavy atom. The van der Waals surface area contributed by atoms with Gasteiger partial charge >= 0.3 is 27.6 Å². The fourth-order valence-electron chi connectivity index (χ4n) is 7.99. The van der Waals surface area contributed by atoms with Crippen LogP contribution in [0.2, 0.25) is 0 Å². The second-order valence-electron chi connectivity index (χ2n) is 17.9. The van der Waals surface area contributed by atoms with Crippen LogP contribution in [0.3, 0.4) is 0 Å². The van der Waals surface area contributed by atoms with E-state index < -0.39 is 107 Å². The molecule has 0 spiro atoms. The number of esters is 2. The molecular weight excluding hydrogens is 914 g/mol. The maximum atomic E-state index is 13.8. The van der Waals surface area contributed by atoms with Crippen LogP contribution in [0.25, 0.3) is 0 Å². The number of carbonyl (C=O) groups is 3. The molecular formula is C47H82O18P2. The molecule has 20 heteroatoms. The lowest BCUT2D eigenvalue weighted by molar-refractivity contribution is -0.163. The van der Waals surface area contributed by atoms with Gasteiger partial charge < -0.3 is 49.7 Å². The van der Waals surface area contributed by atoms with Crippen molar-refractivity contribution in [3.8, 4) is 0 Å². The normalized spacial score (nSPS) is 30.0. The Bertz CT molecular complexity index is 1580. The third-order valence-corrected chi connectivity index (χ3v) is 13.5. The Balaban J connectivity index is 2.25. The molecule has 2 aliphatic rings. The van der Waals surface area contributed by atoms with Gasteiger partial charge in [-0.05, 0) is 38.2 Å². The van der Waals surface area contributed by atoms with Gasteiger partial charge in [-0.25, -0.2) is 9.13 Å². The Morgan fingerprint density at radius 3 is 2.01 bits per heavy atom. The number of fused-ring (bicyclic) bond motifs is 4. The molecule has 8 N–H and O–H groups in total. The predicted octanol–water partition coefficient (Wildman–Crippen LogP) is 7.13. The average molecular weight is 997 g/mol. The maximum absolute atomic E-state index is 13.8. The van der Waals surface area contributed by atoms with Gasteiger partial charge in [-0.2, -0.15) is 0 Å². The summed E-state index contributed by atoms with van der Waals surface area (Å²) < 4.78 is 52.0. The Hall–Kier alpha value is -2.15. The van der Waals surface area contributed by atoms with E-state index >= 15 is 0 Å². The molecule has 0 aromatic heterocycles. The summed E-state index contributed by atoms with van der Waals surface area (Å²) in [6, 6.07) is 0. The molecule has 11 atom stereocenters. The number of unbranched alkanes of at least 4 members (excludes halogenated alkanes) is 16. The lowest BCUT2D eigenvalue weighted by Crippen LogP contribution is -2.56. The minimum absolute atomic E-state index is 0.0671. The Morgan fingerprint density at radius 1 is 0.836 bits per heavy atom. The van der Waals surface area contributed by atoms with Crippen LogP contribution in [-0.4, -0.2) is 120 Å². The van der Waals surface area contributed by atoms with Crippen LogP contribution in [0.15, 0.2) is 36.5 Å². The van der Waals surface area contributed by atoms with Gasteiger partial charge in [0.1, 0.15) is 31.0 Å². The van der Waals surface area contributed by atoms with Gasteiger partial charge in [-0.15, -0.1) is 0 Å². The van der Waals surface area contributed by atoms with Crippen molar-refractivity contribution in [3.05, 3.63) is 36.5 Å². The number of hydrogen-bond donors (Lipinski definition) is 8. The quantitative estimate of drug-likeness (QED) is 0.0185. The molecule has 0 aromatic carbocycles. The molecule has 1 heterocycles. The summed E-state index contributed by atoms with van der Waals surface area (Å²) in [5.74, 6) is -5.26. The molecule has 388 valence electrons. The van der Waals surface area contributed by atoms with Crippen molar-refractivity contribution in [2.24, 2.45) is 11.8 Å². The molecule has 2 rings (SSSR count). The van der Waals surface area contributed by atoms with Crippen LogP contribution < -0.4 is 0 Å². The van der Waals surface area contributed by atoms with Gasteiger partial charge in [-0.3, -0.25) is 28.0 Å². The SMILES string of the molecule is CCCCCCCCCCCCCCCCCC(=O)OC[C@@H]1COP(=O)(O)O[C@H]2[C@H](O)[C@@H](O)[C@H](O)[C@H](/C=C\C(=O)[C@H](/C=C/[C@@H](O)CCCCC)[C@@H](O)[C@H]2OP(=O)(O)O)C/C=C\CCCC(=O)O1. The highest BCUT2D eigenvalue weighted by molar-refractivity contribution is 7.47. The minimum atomic E-state index is -5.75. The predicted molar refractivity (Wildman–Crippen MR) is 250 cm³/mol. The van der Waals surface area contributed by atoms with E-state index in [2.05, 4.69) is 6.92 Å². The van der Waals surface area contributed by atoms with Crippen molar-refractivity contribution in [1.82, 2.24) is 0 Å². The molecule has 1 aliphatic heterocycles. The van der Waals surface area contributed by atoms with Crippen molar-refractivity contribution < 1.29 is 86.8 Å². The number of ketones is 1. The average Bonchev–Trinajstić information content (AvgIpc) is 3.28. The van der Waals surface area contributed by atoms with Crippen LogP contribution in [0.1, 0.15) is 168 Å². The molecule has 1 unspecified atom stereocenters. The molecule has 67 heavy (non-hydrogen) atoms. The van der Waals surface area contributed by atoms with Gasteiger partial charge in [0.15, 0.2) is 11.9 Å². The van der Waals surface area contributed by atoms with E-state index in [9.17, 15) is 63.7 Å². The summed E-state index contributed by atoms with van der Waals surface area (Å²) in [5.41, 5.74) is 0. The summed E-state index contributed by atoms with van der Waals surface area (Å²) in [6.07, 6.45) is 10.7. The summed E-state index contributed by atoms with van der Waals surface area (Å²) in [7, 11) is -11.4. The molecule has 0 fully saturated rings. The third-order valence-electron chi connectivity index (χ3n) is 12.0. The van der Waals surface area contributed by atoms with Crippen LogP contribution in [0, 0.1) is 11.8 Å². The van der Waals surface area contributed by atoms with E-state index in [1.165, 1.54) is 76.4 Å². The van der Waals surface area contributed by atoms with E-state index in [1.807, 2.05) is 6.92 Å². The number of ether oxygens (including phenoxy) is 2. The number of aliphatic hydroxyl groups is 5. The van der Waals surface area contributed by atoms with Gasteiger partial charge in [0.25, 0.3) is 0 Å². The standard InChI is InChI=1S/C47H82O18P2/c1-3-5-7-8-9-10-11-12-13-14-15-16-17-18-23-27-40(50)61-33-37-34-62-67(59,60)65-47-45(55)44(54)42(52)35(25-22-19-20-24-28-41(51)63-37)29-32-39(49)38(31-30-36(48)26-21-6-4-2)43(53)46(47)64-66(56,57)58/h19,22,29-32,35-38,42-48,52-55H,3-18,20-21,23-28,33-34H2,1-2H3,(H,59,60)(H2,56,57,58)/b22-19-,31-30+,32-29-/t35-,36-,37+,38-,42+,43+,44-,45+,46+,47-/m0/s1. The van der Waals surface area contributed by atoms with Gasteiger partial charge in [-0.1, -0.05) is 153 Å². The van der Waals surface area contributed by atoms with Crippen molar-refractivity contribution in [1.29, 1.82) is 0 Å². The summed E-state index contributed by atoms with van der Waals surface area (Å²) in [6.45, 7) is 2.62. The molecule has 0 saturated heterocycles. The maximum Gasteiger partial charge on any atom is 0.472 e. The van der Waals surface area contributed by atoms with Crippen LogP contribution >= 0.6 is 15.6 Å². The van der Waals surface area contributed by atoms with Gasteiger partial charge in [0, 0.05) is 18.8 Å². The Kier molecular flexibility index (Phi) is 31.1. The Labute approximate surface area is 397 Å². The molecule has 1 aliphatic carbocycles. The van der Waals surface area contributed by atoms with Crippen molar-refractivity contribution in [2.75, 3.05) is 13.2 Å². The third kappa shape index (κ3) is 26.6. The molecule has 0 amide bonds. The molecule has 0 saturated carbocycles. The second-order valence-corrected chi connectivity index (χ2v) is 20.4. The number of phosphoric ester groups is 2. The van der Waals surface area contributed by atoms with Crippen molar-refractivity contribution >= 4 is 33.4 Å². The minimum Gasteiger partial charge on any atom is -0.462 e. The highest BCUT2D eigenvalue weighted by Gasteiger charge is 2.50. The topological polar surface area (TPSA) is 293 Å². The number of hydrogen-bond acceptors (Lipinski definition) is 15. The number of carbonyl (C=O) groups excluding carboxylic acids is 3. The molecule has 0 aromatic rings. The van der Waals surface area contributed by atoms with Gasteiger partial charge in [0.2, 0.25) is 0 Å². The molecule has 0 radical (unpaired) electrons. The number of allylic oxidation sites excluding steroid dienone is 3. The molecule has 2 bridgehead atoms. The zero-order valence-electron chi connectivity index (χ0n) is 39.7. The lowest BCUT2D eigenvalue weighted by atomic mass is 9.87. The number of rotatable bonds is 26. The first kappa shape index (κ1) is 61.0. The van der Waals surface area contributed by atoms with E-state index in [0.29, 0.717) is 19.3 Å². The van der Waals surface area contributed by atoms with Crippen LogP contribution in [0.5, 0.6) is 0 Å². The van der Waals surface area contributed by atoms with E-state index in [1.54, 1.807) is 12.2 Å².